The van der Waals surface area contributed by atoms with E-state index in [1.165, 1.54) is 0 Å². The third-order valence-electron chi connectivity index (χ3n) is 3.36. The van der Waals surface area contributed by atoms with Gasteiger partial charge in [0.2, 0.25) is 5.75 Å². The van der Waals surface area contributed by atoms with E-state index in [1.54, 1.807) is 27.4 Å². The predicted molar refractivity (Wildman–Crippen MR) is 92.3 cm³/mol. The molecule has 0 saturated heterocycles. The summed E-state index contributed by atoms with van der Waals surface area (Å²) < 4.78 is 17.0. The summed E-state index contributed by atoms with van der Waals surface area (Å²) in [5.74, 6) is 1.76. The van der Waals surface area contributed by atoms with Gasteiger partial charge in [-0.2, -0.15) is 5.26 Å². The third kappa shape index (κ3) is 3.69. The first-order valence-electron chi connectivity index (χ1n) is 6.86. The molecule has 6 heteroatoms. The van der Waals surface area contributed by atoms with Crippen molar-refractivity contribution in [1.29, 1.82) is 5.26 Å². The minimum atomic E-state index is 0.486. The normalized spacial score (nSPS) is 9.87. The van der Waals surface area contributed by atoms with Crippen molar-refractivity contribution in [2.45, 2.75) is 6.54 Å². The topological polar surface area (TPSA) is 63.5 Å². The average Bonchev–Trinajstić information content (AvgIpc) is 2.59. The predicted octanol–water partition coefficient (Wildman–Crippen LogP) is 3.96. The number of hydrogen-bond donors (Lipinski definition) is 1. The summed E-state index contributed by atoms with van der Waals surface area (Å²) in [6.45, 7) is 0.486. The van der Waals surface area contributed by atoms with Crippen LogP contribution in [0.2, 0.25) is 0 Å². The molecule has 0 aromatic heterocycles. The summed E-state index contributed by atoms with van der Waals surface area (Å²) in [7, 11) is 4.73. The standard InChI is InChI=1S/C17H17BrN2O3/c1-21-15-7-4-11(16(22-2)17(15)23-3)10-20-14-6-5-13(18)8-12(14)9-19/h4-8,20H,10H2,1-3H3. The van der Waals surface area contributed by atoms with Gasteiger partial charge < -0.3 is 19.5 Å². The molecule has 0 heterocycles. The fourth-order valence-corrected chi connectivity index (χ4v) is 2.62. The van der Waals surface area contributed by atoms with Crippen LogP contribution in [0.4, 0.5) is 5.69 Å². The second-order valence-electron chi connectivity index (χ2n) is 4.65. The number of halogens is 1. The van der Waals surface area contributed by atoms with Crippen LogP contribution in [0.3, 0.4) is 0 Å². The van der Waals surface area contributed by atoms with Crippen LogP contribution in [0.25, 0.3) is 0 Å². The molecule has 0 aliphatic rings. The van der Waals surface area contributed by atoms with E-state index in [0.29, 0.717) is 29.4 Å². The number of methoxy groups -OCH3 is 3. The molecule has 2 aromatic rings. The smallest absolute Gasteiger partial charge is 0.203 e. The molecule has 0 spiro atoms. The molecule has 0 radical (unpaired) electrons. The zero-order valence-corrected chi connectivity index (χ0v) is 14.7. The maximum absolute atomic E-state index is 9.22. The Morgan fingerprint density at radius 3 is 2.39 bits per heavy atom. The van der Waals surface area contributed by atoms with Crippen LogP contribution in [-0.2, 0) is 6.54 Å². The number of nitriles is 1. The zero-order valence-electron chi connectivity index (χ0n) is 13.1. The Bertz CT molecular complexity index is 741. The molecule has 0 aliphatic carbocycles. The molecule has 23 heavy (non-hydrogen) atoms. The van der Waals surface area contributed by atoms with Crippen molar-refractivity contribution >= 4 is 21.6 Å². The van der Waals surface area contributed by atoms with Crippen LogP contribution in [0.5, 0.6) is 17.2 Å². The highest BCUT2D eigenvalue weighted by Gasteiger charge is 2.15. The second-order valence-corrected chi connectivity index (χ2v) is 5.56. The maximum Gasteiger partial charge on any atom is 0.203 e. The van der Waals surface area contributed by atoms with Crippen molar-refractivity contribution in [3.8, 4) is 23.3 Å². The Kier molecular flexibility index (Phi) is 5.72. The lowest BCUT2D eigenvalue weighted by molar-refractivity contribution is 0.322. The van der Waals surface area contributed by atoms with Gasteiger partial charge in [-0.05, 0) is 30.3 Å². The minimum absolute atomic E-state index is 0.486. The first kappa shape index (κ1) is 17.0. The quantitative estimate of drug-likeness (QED) is 0.826. The van der Waals surface area contributed by atoms with E-state index in [-0.39, 0.29) is 0 Å². The molecule has 120 valence electrons. The fourth-order valence-electron chi connectivity index (χ4n) is 2.26. The van der Waals surface area contributed by atoms with Gasteiger partial charge in [-0.15, -0.1) is 0 Å². The van der Waals surface area contributed by atoms with Gasteiger partial charge in [-0.25, -0.2) is 0 Å². The summed E-state index contributed by atoms with van der Waals surface area (Å²) in [6.07, 6.45) is 0. The van der Waals surface area contributed by atoms with Crippen molar-refractivity contribution in [3.05, 3.63) is 45.9 Å². The number of anilines is 1. The number of rotatable bonds is 6. The SMILES string of the molecule is COc1ccc(CNc2ccc(Br)cc2C#N)c(OC)c1OC. The molecule has 0 unspecified atom stereocenters. The lowest BCUT2D eigenvalue weighted by atomic mass is 10.1. The molecular weight excluding hydrogens is 360 g/mol. The van der Waals surface area contributed by atoms with E-state index in [9.17, 15) is 5.26 Å². The lowest BCUT2D eigenvalue weighted by Crippen LogP contribution is -2.05. The molecule has 5 nitrogen and oxygen atoms in total. The third-order valence-corrected chi connectivity index (χ3v) is 3.85. The van der Waals surface area contributed by atoms with E-state index < -0.39 is 0 Å². The summed E-state index contributed by atoms with van der Waals surface area (Å²) in [5.41, 5.74) is 2.23. The van der Waals surface area contributed by atoms with Crippen molar-refractivity contribution in [3.63, 3.8) is 0 Å². The van der Waals surface area contributed by atoms with E-state index in [1.807, 2.05) is 24.3 Å². The molecule has 0 aliphatic heterocycles. The van der Waals surface area contributed by atoms with Crippen molar-refractivity contribution in [1.82, 2.24) is 0 Å². The van der Waals surface area contributed by atoms with Crippen LogP contribution in [-0.4, -0.2) is 21.3 Å². The van der Waals surface area contributed by atoms with Gasteiger partial charge in [0.15, 0.2) is 11.5 Å². The first-order chi connectivity index (χ1) is 11.1. The Morgan fingerprint density at radius 1 is 1.04 bits per heavy atom. The molecule has 0 atom stereocenters. The second kappa shape index (κ2) is 7.75. The van der Waals surface area contributed by atoms with Gasteiger partial charge >= 0.3 is 0 Å². The van der Waals surface area contributed by atoms with E-state index in [0.717, 1.165) is 15.7 Å². The molecule has 2 aromatic carbocycles. The average molecular weight is 377 g/mol. The monoisotopic (exact) mass is 376 g/mol. The van der Waals surface area contributed by atoms with Gasteiger partial charge in [0, 0.05) is 16.6 Å². The summed E-state index contributed by atoms with van der Waals surface area (Å²) in [4.78, 5) is 0. The summed E-state index contributed by atoms with van der Waals surface area (Å²) in [6, 6.07) is 11.4. The highest BCUT2D eigenvalue weighted by molar-refractivity contribution is 9.10. The molecule has 0 saturated carbocycles. The summed E-state index contributed by atoms with van der Waals surface area (Å²) in [5, 5.41) is 12.5. The van der Waals surface area contributed by atoms with Gasteiger partial charge in [-0.3, -0.25) is 0 Å². The Morgan fingerprint density at radius 2 is 1.78 bits per heavy atom. The van der Waals surface area contributed by atoms with Crippen LogP contribution >= 0.6 is 15.9 Å². The molecule has 0 amide bonds. The van der Waals surface area contributed by atoms with E-state index >= 15 is 0 Å². The van der Waals surface area contributed by atoms with Crippen molar-refractivity contribution < 1.29 is 14.2 Å². The van der Waals surface area contributed by atoms with Gasteiger partial charge in [0.1, 0.15) is 6.07 Å². The Hall–Kier alpha value is -2.39. The van der Waals surface area contributed by atoms with Crippen LogP contribution in [0.15, 0.2) is 34.8 Å². The van der Waals surface area contributed by atoms with Gasteiger partial charge in [-0.1, -0.05) is 15.9 Å². The zero-order chi connectivity index (χ0) is 16.8. The number of ether oxygens (including phenoxy) is 3. The molecule has 2 rings (SSSR count). The Balaban J connectivity index is 2.29. The molecule has 0 bridgehead atoms. The van der Waals surface area contributed by atoms with Crippen molar-refractivity contribution in [2.24, 2.45) is 0 Å². The summed E-state index contributed by atoms with van der Waals surface area (Å²) >= 11 is 3.36. The maximum atomic E-state index is 9.22. The Labute approximate surface area is 143 Å². The lowest BCUT2D eigenvalue weighted by Gasteiger charge is -2.16. The molecule has 0 fully saturated rings. The minimum Gasteiger partial charge on any atom is -0.493 e. The first-order valence-corrected chi connectivity index (χ1v) is 7.65. The number of nitrogens with one attached hydrogen (secondary N) is 1. The van der Waals surface area contributed by atoms with Crippen LogP contribution < -0.4 is 19.5 Å². The molecule has 1 N–H and O–H groups in total. The van der Waals surface area contributed by atoms with Gasteiger partial charge in [0.25, 0.3) is 0 Å². The fraction of sp³-hybridized carbons (Fsp3) is 0.235. The number of hydrogen-bond acceptors (Lipinski definition) is 5. The van der Waals surface area contributed by atoms with Gasteiger partial charge in [0.05, 0.1) is 32.6 Å². The van der Waals surface area contributed by atoms with Crippen LogP contribution in [0.1, 0.15) is 11.1 Å². The number of nitrogens with zero attached hydrogens (tertiary/aromatic N) is 1. The highest BCUT2D eigenvalue weighted by atomic mass is 79.9. The molecular formula is C17H17BrN2O3. The van der Waals surface area contributed by atoms with Crippen LogP contribution in [0, 0.1) is 11.3 Å². The van der Waals surface area contributed by atoms with E-state index in [4.69, 9.17) is 14.2 Å². The van der Waals surface area contributed by atoms with Crippen molar-refractivity contribution in [2.75, 3.05) is 26.6 Å². The largest absolute Gasteiger partial charge is 0.493 e. The van der Waals surface area contributed by atoms with E-state index in [2.05, 4.69) is 27.3 Å². The number of benzene rings is 2. The highest BCUT2D eigenvalue weighted by Crippen LogP contribution is 2.40.